The van der Waals surface area contributed by atoms with E-state index in [1.54, 1.807) is 0 Å². The maximum atomic E-state index is 6.08. The topological polar surface area (TPSA) is 53.1 Å². The van der Waals surface area contributed by atoms with Crippen LogP contribution in [-0.4, -0.2) is 9.78 Å². The zero-order chi connectivity index (χ0) is 11.1. The van der Waals surface area contributed by atoms with E-state index in [-0.39, 0.29) is 0 Å². The molecule has 0 unspecified atom stereocenters. The first-order chi connectivity index (χ1) is 7.77. The summed E-state index contributed by atoms with van der Waals surface area (Å²) in [5.74, 6) is 0.696. The fraction of sp³-hybridized carbons (Fsp3) is 0.250. The number of aryl methyl sites for hydroxylation is 1. The van der Waals surface area contributed by atoms with Crippen molar-refractivity contribution in [1.29, 1.82) is 0 Å². The molecule has 0 amide bonds. The van der Waals surface area contributed by atoms with Gasteiger partial charge in [0.15, 0.2) is 0 Å². The number of para-hydroxylation sites is 1. The molecule has 0 saturated heterocycles. The van der Waals surface area contributed by atoms with E-state index in [0.29, 0.717) is 19.0 Å². The Balaban J connectivity index is 2.18. The van der Waals surface area contributed by atoms with Gasteiger partial charge in [0, 0.05) is 5.56 Å². The van der Waals surface area contributed by atoms with Crippen LogP contribution in [-0.2, 0) is 18.0 Å². The van der Waals surface area contributed by atoms with E-state index in [4.69, 9.17) is 10.5 Å². The third-order valence-electron chi connectivity index (χ3n) is 2.94. The Kier molecular flexibility index (Phi) is 1.97. The Labute approximate surface area is 93.6 Å². The van der Waals surface area contributed by atoms with Gasteiger partial charge in [-0.3, -0.25) is 0 Å². The van der Waals surface area contributed by atoms with Crippen LogP contribution in [0.1, 0.15) is 16.8 Å². The molecule has 0 saturated carbocycles. The van der Waals surface area contributed by atoms with Crippen LogP contribution in [0.5, 0.6) is 0 Å². The molecular formula is C12H13N3O. The normalized spacial score (nSPS) is 14.1. The SMILES string of the molecule is Cc1ccccc1-n1nc2c(c1N)COC2. The number of fused-ring (bicyclic) bond motifs is 1. The van der Waals surface area contributed by atoms with Crippen molar-refractivity contribution in [1.82, 2.24) is 9.78 Å². The Morgan fingerprint density at radius 2 is 2.12 bits per heavy atom. The number of aromatic nitrogens is 2. The summed E-state index contributed by atoms with van der Waals surface area (Å²) in [6.45, 7) is 3.20. The zero-order valence-electron chi connectivity index (χ0n) is 9.10. The number of nitrogens with two attached hydrogens (primary N) is 1. The van der Waals surface area contributed by atoms with Crippen molar-refractivity contribution in [2.24, 2.45) is 0 Å². The van der Waals surface area contributed by atoms with Crippen molar-refractivity contribution in [2.75, 3.05) is 5.73 Å². The van der Waals surface area contributed by atoms with E-state index in [0.717, 1.165) is 22.5 Å². The lowest BCUT2D eigenvalue weighted by atomic mass is 10.2. The van der Waals surface area contributed by atoms with E-state index in [9.17, 15) is 0 Å². The van der Waals surface area contributed by atoms with Gasteiger partial charge < -0.3 is 10.5 Å². The summed E-state index contributed by atoms with van der Waals surface area (Å²) in [7, 11) is 0. The van der Waals surface area contributed by atoms with Crippen LogP contribution in [0.3, 0.4) is 0 Å². The Morgan fingerprint density at radius 3 is 2.88 bits per heavy atom. The Morgan fingerprint density at radius 1 is 1.31 bits per heavy atom. The Hall–Kier alpha value is -1.81. The first kappa shape index (κ1) is 9.42. The van der Waals surface area contributed by atoms with Crippen LogP contribution in [0.2, 0.25) is 0 Å². The minimum atomic E-state index is 0.568. The Bertz CT molecular complexity index is 545. The van der Waals surface area contributed by atoms with Crippen LogP contribution < -0.4 is 5.73 Å². The molecule has 1 aromatic carbocycles. The van der Waals surface area contributed by atoms with Gasteiger partial charge in [0.25, 0.3) is 0 Å². The second-order valence-electron chi connectivity index (χ2n) is 4.00. The zero-order valence-corrected chi connectivity index (χ0v) is 9.10. The standard InChI is InChI=1S/C12H13N3O/c1-8-4-2-3-5-11(8)15-12(13)9-6-16-7-10(9)14-15/h2-5H,6-7,13H2,1H3. The smallest absolute Gasteiger partial charge is 0.133 e. The summed E-state index contributed by atoms with van der Waals surface area (Å²) in [4.78, 5) is 0. The average Bonchev–Trinajstić information content (AvgIpc) is 2.83. The van der Waals surface area contributed by atoms with Gasteiger partial charge in [-0.05, 0) is 18.6 Å². The predicted octanol–water partition coefficient (Wildman–Crippen LogP) is 1.79. The van der Waals surface area contributed by atoms with Gasteiger partial charge in [0.05, 0.1) is 24.6 Å². The molecule has 4 nitrogen and oxygen atoms in total. The average molecular weight is 215 g/mol. The highest BCUT2D eigenvalue weighted by Crippen LogP contribution is 2.27. The highest BCUT2D eigenvalue weighted by Gasteiger charge is 2.21. The van der Waals surface area contributed by atoms with Crippen LogP contribution in [0, 0.1) is 6.92 Å². The van der Waals surface area contributed by atoms with Crippen molar-refractivity contribution in [3.63, 3.8) is 0 Å². The molecule has 2 heterocycles. The van der Waals surface area contributed by atoms with Gasteiger partial charge in [0.1, 0.15) is 5.82 Å². The molecular weight excluding hydrogens is 202 g/mol. The van der Waals surface area contributed by atoms with Gasteiger partial charge >= 0.3 is 0 Å². The molecule has 1 aliphatic heterocycles. The number of hydrogen-bond acceptors (Lipinski definition) is 3. The van der Waals surface area contributed by atoms with E-state index < -0.39 is 0 Å². The molecule has 2 N–H and O–H groups in total. The maximum Gasteiger partial charge on any atom is 0.133 e. The van der Waals surface area contributed by atoms with Crippen LogP contribution >= 0.6 is 0 Å². The molecule has 0 atom stereocenters. The second kappa shape index (κ2) is 3.35. The van der Waals surface area contributed by atoms with Gasteiger partial charge in [-0.1, -0.05) is 18.2 Å². The van der Waals surface area contributed by atoms with Crippen LogP contribution in [0.25, 0.3) is 5.69 Å². The molecule has 1 aliphatic rings. The lowest BCUT2D eigenvalue weighted by Crippen LogP contribution is -2.05. The summed E-state index contributed by atoms with van der Waals surface area (Å²) >= 11 is 0. The molecule has 4 heteroatoms. The highest BCUT2D eigenvalue weighted by molar-refractivity contribution is 5.52. The predicted molar refractivity (Wildman–Crippen MR) is 61.2 cm³/mol. The first-order valence-electron chi connectivity index (χ1n) is 5.27. The number of nitrogens with zero attached hydrogens (tertiary/aromatic N) is 2. The molecule has 1 aromatic heterocycles. The van der Waals surface area contributed by atoms with Crippen molar-refractivity contribution in [3.05, 3.63) is 41.1 Å². The first-order valence-corrected chi connectivity index (χ1v) is 5.27. The molecule has 0 aliphatic carbocycles. The second-order valence-corrected chi connectivity index (χ2v) is 4.00. The molecule has 16 heavy (non-hydrogen) atoms. The highest BCUT2D eigenvalue weighted by atomic mass is 16.5. The lowest BCUT2D eigenvalue weighted by Gasteiger charge is -2.08. The molecule has 82 valence electrons. The van der Waals surface area contributed by atoms with Crippen LogP contribution in [0.4, 0.5) is 5.82 Å². The largest absolute Gasteiger partial charge is 0.383 e. The quantitative estimate of drug-likeness (QED) is 0.789. The summed E-state index contributed by atoms with van der Waals surface area (Å²) in [6.07, 6.45) is 0. The van der Waals surface area contributed by atoms with E-state index >= 15 is 0 Å². The lowest BCUT2D eigenvalue weighted by molar-refractivity contribution is 0.131. The van der Waals surface area contributed by atoms with Gasteiger partial charge in [0.2, 0.25) is 0 Å². The number of nitrogen functional groups attached to an aromatic ring is 1. The monoisotopic (exact) mass is 215 g/mol. The number of anilines is 1. The van der Waals surface area contributed by atoms with Gasteiger partial charge in [-0.15, -0.1) is 0 Å². The minimum Gasteiger partial charge on any atom is -0.383 e. The molecule has 0 bridgehead atoms. The van der Waals surface area contributed by atoms with Crippen molar-refractivity contribution < 1.29 is 4.74 Å². The fourth-order valence-corrected chi connectivity index (χ4v) is 2.02. The maximum absolute atomic E-state index is 6.08. The number of benzene rings is 1. The third kappa shape index (κ3) is 1.23. The van der Waals surface area contributed by atoms with E-state index in [1.165, 1.54) is 0 Å². The van der Waals surface area contributed by atoms with Crippen molar-refractivity contribution in [2.45, 2.75) is 20.1 Å². The van der Waals surface area contributed by atoms with Gasteiger partial charge in [-0.2, -0.15) is 5.10 Å². The van der Waals surface area contributed by atoms with Crippen molar-refractivity contribution in [3.8, 4) is 5.69 Å². The number of hydrogen-bond donors (Lipinski definition) is 1. The minimum absolute atomic E-state index is 0.568. The number of ether oxygens (including phenoxy) is 1. The summed E-state index contributed by atoms with van der Waals surface area (Å²) < 4.78 is 7.11. The summed E-state index contributed by atoms with van der Waals surface area (Å²) in [6, 6.07) is 8.08. The number of rotatable bonds is 1. The molecule has 2 aromatic rings. The third-order valence-corrected chi connectivity index (χ3v) is 2.94. The van der Waals surface area contributed by atoms with E-state index in [2.05, 4.69) is 18.1 Å². The summed E-state index contributed by atoms with van der Waals surface area (Å²) in [5.41, 5.74) is 10.3. The fourth-order valence-electron chi connectivity index (χ4n) is 2.02. The molecule has 0 spiro atoms. The van der Waals surface area contributed by atoms with Crippen LogP contribution in [0.15, 0.2) is 24.3 Å². The van der Waals surface area contributed by atoms with Gasteiger partial charge in [-0.25, -0.2) is 4.68 Å². The molecule has 3 rings (SSSR count). The van der Waals surface area contributed by atoms with E-state index in [1.807, 2.05) is 22.9 Å². The molecule has 0 radical (unpaired) electrons. The summed E-state index contributed by atoms with van der Waals surface area (Å²) in [5, 5.41) is 4.49. The van der Waals surface area contributed by atoms with Crippen molar-refractivity contribution >= 4 is 5.82 Å². The molecule has 0 fully saturated rings.